The molecule has 8 aromatic carbocycles. The molecule has 0 radical (unpaired) electrons. The largest absolute Gasteiger partial charge is 0.359 e. The fourth-order valence-electron chi connectivity index (χ4n) is 7.66. The predicted octanol–water partition coefficient (Wildman–Crippen LogP) is 10.6. The second-order valence-corrected chi connectivity index (χ2v) is 11.4. The van der Waals surface area contributed by atoms with Crippen molar-refractivity contribution in [1.82, 2.24) is 0 Å². The Morgan fingerprint density at radius 2 is 1.15 bits per heavy atom. The van der Waals surface area contributed by atoms with Crippen molar-refractivity contribution in [3.63, 3.8) is 0 Å². The zero-order valence-corrected chi connectivity index (χ0v) is 22.2. The molecule has 0 amide bonds. The number of fused-ring (bicyclic) bond motifs is 10. The van der Waals surface area contributed by atoms with Gasteiger partial charge >= 0.3 is 0 Å². The molecule has 2 heterocycles. The van der Waals surface area contributed by atoms with Crippen LogP contribution in [0.3, 0.4) is 0 Å². The van der Waals surface area contributed by atoms with Gasteiger partial charge in [-0.3, -0.25) is 0 Å². The summed E-state index contributed by atoms with van der Waals surface area (Å²) in [6, 6.07) is 49.3. The third-order valence-corrected chi connectivity index (χ3v) is 9.35. The Bertz CT molecular complexity index is 2320. The molecule has 8 aromatic rings. The van der Waals surface area contributed by atoms with E-state index in [-0.39, 0.29) is 6.17 Å². The summed E-state index contributed by atoms with van der Waals surface area (Å²) in [6.45, 7) is 0. The SMILES string of the molecule is c1ccc2c(c1)-c1ccccc1N1c3ccc(-c4ccc5c6cccc7cccc(c8cccc4c85)c76)cc3NC21. The maximum absolute atomic E-state index is 3.89. The van der Waals surface area contributed by atoms with Crippen molar-refractivity contribution >= 4 is 60.2 Å². The van der Waals surface area contributed by atoms with E-state index in [1.54, 1.807) is 0 Å². The highest BCUT2D eigenvalue weighted by Gasteiger charge is 2.37. The number of hydrogen-bond donors (Lipinski definition) is 1. The first kappa shape index (κ1) is 21.5. The van der Waals surface area contributed by atoms with Crippen LogP contribution in [0.1, 0.15) is 11.7 Å². The standard InChI is InChI=1S/C39H24N2/c1-2-12-33-26(10-1)27-11-3-4-17-35(27)41-36-21-18-24(22-34(36)40-39(33)41)25-19-20-32-30-14-6-9-23-8-5-13-29(37(23)30)31-16-7-15-28(25)38(31)32/h1-22,39-40H. The number of benzene rings is 8. The Labute approximate surface area is 237 Å². The molecular formula is C39H24N2. The highest BCUT2D eigenvalue weighted by Crippen LogP contribution is 2.54. The van der Waals surface area contributed by atoms with Crippen LogP contribution in [0.15, 0.2) is 133 Å². The van der Waals surface area contributed by atoms with E-state index < -0.39 is 0 Å². The van der Waals surface area contributed by atoms with Crippen LogP contribution in [-0.2, 0) is 0 Å². The molecule has 1 N–H and O–H groups in total. The summed E-state index contributed by atoms with van der Waals surface area (Å²) in [5, 5.41) is 14.5. The quantitative estimate of drug-likeness (QED) is 0.171. The van der Waals surface area contributed by atoms with E-state index in [1.165, 1.54) is 88.0 Å². The zero-order valence-electron chi connectivity index (χ0n) is 22.2. The molecule has 0 bridgehead atoms. The minimum atomic E-state index is 0.0830. The van der Waals surface area contributed by atoms with Gasteiger partial charge in [-0.15, -0.1) is 0 Å². The first-order valence-electron chi connectivity index (χ1n) is 14.3. The number of rotatable bonds is 1. The average molecular weight is 521 g/mol. The van der Waals surface area contributed by atoms with Gasteiger partial charge in [0.2, 0.25) is 0 Å². The van der Waals surface area contributed by atoms with Crippen LogP contribution < -0.4 is 10.2 Å². The Hall–Kier alpha value is -5.34. The molecule has 0 saturated carbocycles. The minimum Gasteiger partial charge on any atom is -0.359 e. The number of nitrogens with one attached hydrogen (secondary N) is 1. The van der Waals surface area contributed by atoms with Crippen molar-refractivity contribution in [2.75, 3.05) is 10.2 Å². The molecular weight excluding hydrogens is 496 g/mol. The molecule has 10 rings (SSSR count). The molecule has 0 spiro atoms. The molecule has 2 aliphatic heterocycles. The van der Waals surface area contributed by atoms with Crippen LogP contribution >= 0.6 is 0 Å². The van der Waals surface area contributed by atoms with Gasteiger partial charge in [-0.05, 0) is 78.0 Å². The van der Waals surface area contributed by atoms with Gasteiger partial charge in [-0.2, -0.15) is 0 Å². The van der Waals surface area contributed by atoms with Crippen molar-refractivity contribution in [2.24, 2.45) is 0 Å². The zero-order chi connectivity index (χ0) is 26.7. The summed E-state index contributed by atoms with van der Waals surface area (Å²) in [4.78, 5) is 2.46. The van der Waals surface area contributed by atoms with E-state index in [4.69, 9.17) is 0 Å². The van der Waals surface area contributed by atoms with Crippen molar-refractivity contribution < 1.29 is 0 Å². The van der Waals surface area contributed by atoms with Crippen LogP contribution in [0, 0.1) is 0 Å². The van der Waals surface area contributed by atoms with E-state index in [2.05, 4.69) is 144 Å². The molecule has 0 saturated heterocycles. The van der Waals surface area contributed by atoms with E-state index in [9.17, 15) is 0 Å². The van der Waals surface area contributed by atoms with Gasteiger partial charge in [-0.25, -0.2) is 0 Å². The summed E-state index contributed by atoms with van der Waals surface area (Å²) < 4.78 is 0. The molecule has 1 atom stereocenters. The normalized spacial score (nSPS) is 15.2. The number of para-hydroxylation sites is 1. The van der Waals surface area contributed by atoms with Crippen LogP contribution in [0.4, 0.5) is 17.1 Å². The lowest BCUT2D eigenvalue weighted by atomic mass is 9.87. The predicted molar refractivity (Wildman–Crippen MR) is 173 cm³/mol. The maximum atomic E-state index is 3.89. The molecule has 190 valence electrons. The van der Waals surface area contributed by atoms with E-state index in [0.717, 1.165) is 0 Å². The van der Waals surface area contributed by atoms with Crippen molar-refractivity contribution in [2.45, 2.75) is 6.17 Å². The second kappa shape index (κ2) is 7.65. The van der Waals surface area contributed by atoms with Crippen LogP contribution in [0.25, 0.3) is 65.3 Å². The Morgan fingerprint density at radius 1 is 0.463 bits per heavy atom. The molecule has 0 aliphatic carbocycles. The molecule has 0 fully saturated rings. The van der Waals surface area contributed by atoms with Gasteiger partial charge in [0.05, 0.1) is 17.1 Å². The lowest BCUT2D eigenvalue weighted by Crippen LogP contribution is -2.27. The molecule has 2 heteroatoms. The van der Waals surface area contributed by atoms with Gasteiger partial charge in [0.1, 0.15) is 6.17 Å². The Morgan fingerprint density at radius 3 is 2.00 bits per heavy atom. The molecule has 41 heavy (non-hydrogen) atoms. The number of anilines is 3. The third-order valence-electron chi connectivity index (χ3n) is 9.35. The van der Waals surface area contributed by atoms with Gasteiger partial charge in [0.25, 0.3) is 0 Å². The van der Waals surface area contributed by atoms with Gasteiger partial charge in [-0.1, -0.05) is 115 Å². The smallest absolute Gasteiger partial charge is 0.131 e. The minimum absolute atomic E-state index is 0.0830. The van der Waals surface area contributed by atoms with Crippen molar-refractivity contribution in [1.29, 1.82) is 0 Å². The third kappa shape index (κ3) is 2.72. The van der Waals surface area contributed by atoms with E-state index >= 15 is 0 Å². The summed E-state index contributed by atoms with van der Waals surface area (Å²) in [5.41, 5.74) is 10.1. The maximum Gasteiger partial charge on any atom is 0.131 e. The number of nitrogens with zero attached hydrogens (tertiary/aromatic N) is 1. The molecule has 0 aromatic heterocycles. The monoisotopic (exact) mass is 520 g/mol. The van der Waals surface area contributed by atoms with Gasteiger partial charge in [0.15, 0.2) is 0 Å². The second-order valence-electron chi connectivity index (χ2n) is 11.4. The van der Waals surface area contributed by atoms with Crippen molar-refractivity contribution in [3.8, 4) is 22.3 Å². The summed E-state index contributed by atoms with van der Waals surface area (Å²) in [5.74, 6) is 0. The first-order chi connectivity index (χ1) is 20.3. The van der Waals surface area contributed by atoms with Gasteiger partial charge in [0, 0.05) is 11.1 Å². The van der Waals surface area contributed by atoms with Crippen LogP contribution in [-0.4, -0.2) is 0 Å². The highest BCUT2D eigenvalue weighted by molar-refractivity contribution is 6.34. The highest BCUT2D eigenvalue weighted by atomic mass is 15.3. The van der Waals surface area contributed by atoms with E-state index in [1.807, 2.05) is 0 Å². The Balaban J connectivity index is 1.20. The fraction of sp³-hybridized carbons (Fsp3) is 0.0256. The first-order valence-corrected chi connectivity index (χ1v) is 14.3. The Kier molecular flexibility index (Phi) is 4.01. The molecule has 2 nitrogen and oxygen atoms in total. The molecule has 2 aliphatic rings. The topological polar surface area (TPSA) is 15.3 Å². The summed E-state index contributed by atoms with van der Waals surface area (Å²) in [7, 11) is 0. The lowest BCUT2D eigenvalue weighted by molar-refractivity contribution is 0.819. The summed E-state index contributed by atoms with van der Waals surface area (Å²) in [6.07, 6.45) is 0.0830. The van der Waals surface area contributed by atoms with E-state index in [0.29, 0.717) is 0 Å². The van der Waals surface area contributed by atoms with Crippen molar-refractivity contribution in [3.05, 3.63) is 139 Å². The fourth-order valence-corrected chi connectivity index (χ4v) is 7.66. The molecule has 1 unspecified atom stereocenters. The average Bonchev–Trinajstić information content (AvgIpc) is 3.43. The summed E-state index contributed by atoms with van der Waals surface area (Å²) >= 11 is 0. The lowest BCUT2D eigenvalue weighted by Gasteiger charge is -2.35. The number of hydrogen-bond acceptors (Lipinski definition) is 2. The van der Waals surface area contributed by atoms with Crippen LogP contribution in [0.5, 0.6) is 0 Å². The van der Waals surface area contributed by atoms with Gasteiger partial charge < -0.3 is 10.2 Å². The van der Waals surface area contributed by atoms with Crippen LogP contribution in [0.2, 0.25) is 0 Å².